The van der Waals surface area contributed by atoms with E-state index in [0.29, 0.717) is 5.92 Å². The van der Waals surface area contributed by atoms with Gasteiger partial charge in [0.2, 0.25) is 0 Å². The third-order valence-electron chi connectivity index (χ3n) is 6.37. The Balaban J connectivity index is 1.43. The lowest BCUT2D eigenvalue weighted by atomic mass is 10.0. The number of nitrogens with zero attached hydrogens (tertiary/aromatic N) is 3. The molecular formula is C29H41N3O. The molecule has 0 aliphatic heterocycles. The zero-order chi connectivity index (χ0) is 23.3. The van der Waals surface area contributed by atoms with Crippen molar-refractivity contribution in [3.63, 3.8) is 0 Å². The van der Waals surface area contributed by atoms with Crippen molar-refractivity contribution in [1.29, 1.82) is 0 Å². The maximum atomic E-state index is 5.94. The molecule has 178 valence electrons. The van der Waals surface area contributed by atoms with Crippen molar-refractivity contribution in [2.45, 2.75) is 85.1 Å². The first kappa shape index (κ1) is 25.0. The van der Waals surface area contributed by atoms with Crippen LogP contribution < -0.4 is 4.74 Å². The third kappa shape index (κ3) is 8.34. The summed E-state index contributed by atoms with van der Waals surface area (Å²) in [5.74, 6) is 1.56. The minimum atomic E-state index is 0.606. The van der Waals surface area contributed by atoms with Crippen LogP contribution >= 0.6 is 0 Å². The van der Waals surface area contributed by atoms with Crippen LogP contribution in [0.1, 0.15) is 78.6 Å². The molecule has 0 unspecified atom stereocenters. The van der Waals surface area contributed by atoms with E-state index in [-0.39, 0.29) is 0 Å². The predicted octanol–water partition coefficient (Wildman–Crippen LogP) is 8.18. The second-order valence-corrected chi connectivity index (χ2v) is 9.26. The maximum Gasteiger partial charge on any atom is 0.119 e. The zero-order valence-corrected chi connectivity index (χ0v) is 20.8. The van der Waals surface area contributed by atoms with Crippen LogP contribution in [-0.2, 0) is 6.54 Å². The van der Waals surface area contributed by atoms with Crippen LogP contribution in [-0.4, -0.2) is 21.6 Å². The van der Waals surface area contributed by atoms with Crippen LogP contribution in [0.15, 0.2) is 54.7 Å². The van der Waals surface area contributed by atoms with Crippen molar-refractivity contribution >= 4 is 0 Å². The molecule has 4 heteroatoms. The smallest absolute Gasteiger partial charge is 0.119 e. The molecule has 0 radical (unpaired) electrons. The van der Waals surface area contributed by atoms with Crippen molar-refractivity contribution in [3.05, 3.63) is 54.7 Å². The number of hydrogen-bond donors (Lipinski definition) is 0. The fourth-order valence-corrected chi connectivity index (χ4v) is 3.97. The molecule has 0 N–H and O–H groups in total. The van der Waals surface area contributed by atoms with Gasteiger partial charge < -0.3 is 4.74 Å². The van der Waals surface area contributed by atoms with Crippen molar-refractivity contribution < 1.29 is 4.74 Å². The number of ether oxygens (including phenoxy) is 1. The first-order chi connectivity index (χ1) is 16.2. The van der Waals surface area contributed by atoms with Crippen LogP contribution in [0.25, 0.3) is 22.4 Å². The molecule has 1 aromatic heterocycles. The lowest BCUT2D eigenvalue weighted by molar-refractivity contribution is 0.304. The predicted molar refractivity (Wildman–Crippen MR) is 138 cm³/mol. The Morgan fingerprint density at radius 2 is 1.33 bits per heavy atom. The molecule has 0 saturated heterocycles. The van der Waals surface area contributed by atoms with Crippen LogP contribution in [0.5, 0.6) is 5.75 Å². The number of aromatic nitrogens is 3. The first-order valence-electron chi connectivity index (χ1n) is 12.9. The van der Waals surface area contributed by atoms with Gasteiger partial charge in [-0.3, -0.25) is 4.68 Å². The quantitative estimate of drug-likeness (QED) is 0.221. The second-order valence-electron chi connectivity index (χ2n) is 9.26. The van der Waals surface area contributed by atoms with E-state index >= 15 is 0 Å². The van der Waals surface area contributed by atoms with Crippen LogP contribution in [0.2, 0.25) is 0 Å². The third-order valence-corrected chi connectivity index (χ3v) is 6.37. The van der Waals surface area contributed by atoms with Crippen molar-refractivity contribution in [2.24, 2.45) is 5.92 Å². The van der Waals surface area contributed by atoms with E-state index in [1.807, 2.05) is 10.9 Å². The van der Waals surface area contributed by atoms with Gasteiger partial charge in [0.15, 0.2) is 0 Å². The van der Waals surface area contributed by atoms with E-state index in [4.69, 9.17) is 4.74 Å². The van der Waals surface area contributed by atoms with E-state index in [2.05, 4.69) is 79.6 Å². The number of rotatable bonds is 15. The number of benzene rings is 2. The number of hydrogen-bond acceptors (Lipinski definition) is 3. The average molecular weight is 448 g/mol. The highest BCUT2D eigenvalue weighted by molar-refractivity contribution is 5.68. The van der Waals surface area contributed by atoms with Gasteiger partial charge in [0.1, 0.15) is 11.4 Å². The van der Waals surface area contributed by atoms with Gasteiger partial charge in [-0.15, -0.1) is 5.10 Å². The van der Waals surface area contributed by atoms with E-state index in [9.17, 15) is 0 Å². The molecule has 0 bridgehead atoms. The van der Waals surface area contributed by atoms with Gasteiger partial charge in [0.05, 0.1) is 12.8 Å². The SMILES string of the molecule is CCCCCCCCCCOc1ccc(-c2ccc(-c3cn(C[C@@H](C)CC)nn3)cc2)cc1. The minimum absolute atomic E-state index is 0.606. The van der Waals surface area contributed by atoms with Gasteiger partial charge in [0.25, 0.3) is 0 Å². The molecule has 2 aromatic carbocycles. The minimum Gasteiger partial charge on any atom is -0.494 e. The van der Waals surface area contributed by atoms with E-state index in [0.717, 1.165) is 43.0 Å². The largest absolute Gasteiger partial charge is 0.494 e. The van der Waals surface area contributed by atoms with Crippen LogP contribution in [0.4, 0.5) is 0 Å². The molecule has 0 aliphatic carbocycles. The summed E-state index contributed by atoms with van der Waals surface area (Å²) in [6, 6.07) is 17.0. The molecule has 3 aromatic rings. The Morgan fingerprint density at radius 3 is 1.97 bits per heavy atom. The first-order valence-corrected chi connectivity index (χ1v) is 12.9. The highest BCUT2D eigenvalue weighted by Crippen LogP contribution is 2.26. The summed E-state index contributed by atoms with van der Waals surface area (Å²) in [5.41, 5.74) is 4.41. The summed E-state index contributed by atoms with van der Waals surface area (Å²) in [4.78, 5) is 0. The Morgan fingerprint density at radius 1 is 0.758 bits per heavy atom. The van der Waals surface area contributed by atoms with Gasteiger partial charge in [-0.2, -0.15) is 0 Å². The van der Waals surface area contributed by atoms with Crippen LogP contribution in [0.3, 0.4) is 0 Å². The van der Waals surface area contributed by atoms with Gasteiger partial charge in [0, 0.05) is 12.1 Å². The van der Waals surface area contributed by atoms with Gasteiger partial charge >= 0.3 is 0 Å². The summed E-state index contributed by atoms with van der Waals surface area (Å²) in [6.07, 6.45) is 13.8. The topological polar surface area (TPSA) is 39.9 Å². The molecular weight excluding hydrogens is 406 g/mol. The summed E-state index contributed by atoms with van der Waals surface area (Å²) in [7, 11) is 0. The summed E-state index contributed by atoms with van der Waals surface area (Å²) >= 11 is 0. The fraction of sp³-hybridized carbons (Fsp3) is 0.517. The second kappa shape index (κ2) is 13.8. The summed E-state index contributed by atoms with van der Waals surface area (Å²) in [6.45, 7) is 8.43. The molecule has 1 heterocycles. The standard InChI is InChI=1S/C29H41N3O/c1-4-6-7-8-9-10-11-12-21-33-28-19-17-26(18-20-28)25-13-15-27(16-14-25)29-23-32(31-30-29)22-24(3)5-2/h13-20,23-24H,4-12,21-22H2,1-3H3/t24-/m0/s1. The molecule has 0 amide bonds. The Bertz CT molecular complexity index is 915. The maximum absolute atomic E-state index is 5.94. The molecule has 0 saturated carbocycles. The monoisotopic (exact) mass is 447 g/mol. The van der Waals surface area contributed by atoms with Crippen LogP contribution in [0, 0.1) is 5.92 Å². The summed E-state index contributed by atoms with van der Waals surface area (Å²) in [5, 5.41) is 8.63. The Labute approximate surface area is 200 Å². The molecule has 33 heavy (non-hydrogen) atoms. The highest BCUT2D eigenvalue weighted by atomic mass is 16.5. The summed E-state index contributed by atoms with van der Waals surface area (Å²) < 4.78 is 7.89. The highest BCUT2D eigenvalue weighted by Gasteiger charge is 2.07. The molecule has 4 nitrogen and oxygen atoms in total. The molecule has 3 rings (SSSR count). The Kier molecular flexibility index (Phi) is 10.5. The van der Waals surface area contributed by atoms with Crippen molar-refractivity contribution in [3.8, 4) is 28.1 Å². The Hall–Kier alpha value is -2.62. The molecule has 0 spiro atoms. The van der Waals surface area contributed by atoms with Gasteiger partial charge in [-0.1, -0.05) is 114 Å². The molecule has 0 fully saturated rings. The van der Waals surface area contributed by atoms with E-state index < -0.39 is 0 Å². The van der Waals surface area contributed by atoms with E-state index in [1.165, 1.54) is 56.1 Å². The molecule has 0 aliphatic rings. The molecule has 1 atom stereocenters. The normalized spacial score (nSPS) is 12.1. The number of unbranched alkanes of at least 4 members (excludes halogenated alkanes) is 7. The van der Waals surface area contributed by atoms with Gasteiger partial charge in [-0.05, 0) is 35.6 Å². The van der Waals surface area contributed by atoms with E-state index in [1.54, 1.807) is 0 Å². The van der Waals surface area contributed by atoms with Crippen molar-refractivity contribution in [2.75, 3.05) is 6.61 Å². The van der Waals surface area contributed by atoms with Crippen molar-refractivity contribution in [1.82, 2.24) is 15.0 Å². The average Bonchev–Trinajstić information content (AvgIpc) is 3.32. The lowest BCUT2D eigenvalue weighted by Crippen LogP contribution is -2.06. The zero-order valence-electron chi connectivity index (χ0n) is 20.8. The fourth-order valence-electron chi connectivity index (χ4n) is 3.97. The van der Waals surface area contributed by atoms with Gasteiger partial charge in [-0.25, -0.2) is 0 Å². The lowest BCUT2D eigenvalue weighted by Gasteiger charge is -2.08.